The molecule has 6 nitrogen and oxygen atoms in total. The van der Waals surface area contributed by atoms with Crippen LogP contribution in [0.4, 0.5) is 5.69 Å². The molecule has 1 aromatic rings. The van der Waals surface area contributed by atoms with Crippen molar-refractivity contribution in [2.24, 2.45) is 4.99 Å². The normalized spacial score (nSPS) is 21.6. The Labute approximate surface area is 204 Å². The molecule has 0 spiro atoms. The van der Waals surface area contributed by atoms with Gasteiger partial charge in [-0.05, 0) is 30.5 Å². The predicted molar refractivity (Wildman–Crippen MR) is 140 cm³/mol. The molecule has 0 unspecified atom stereocenters. The van der Waals surface area contributed by atoms with E-state index in [-0.39, 0.29) is 29.5 Å². The summed E-state index contributed by atoms with van der Waals surface area (Å²) in [6, 6.07) is 8.81. The quantitative estimate of drug-likeness (QED) is 0.251. The SMILES string of the molecule is CN=C(NCc1cccc(N2CC=CC2)c1)NCC1(N2CCOCC2)CCCCC1.I. The summed E-state index contributed by atoms with van der Waals surface area (Å²) < 4.78 is 5.61. The summed E-state index contributed by atoms with van der Waals surface area (Å²) in [4.78, 5) is 9.55. The maximum Gasteiger partial charge on any atom is 0.191 e. The highest BCUT2D eigenvalue weighted by Gasteiger charge is 2.38. The van der Waals surface area contributed by atoms with Crippen LogP contribution < -0.4 is 15.5 Å². The van der Waals surface area contributed by atoms with Gasteiger partial charge >= 0.3 is 0 Å². The minimum atomic E-state index is 0. The van der Waals surface area contributed by atoms with Crippen LogP contribution in [-0.4, -0.2) is 69.4 Å². The fourth-order valence-electron chi connectivity index (χ4n) is 5.06. The Morgan fingerprint density at radius 3 is 2.52 bits per heavy atom. The van der Waals surface area contributed by atoms with E-state index in [1.165, 1.54) is 43.4 Å². The molecule has 2 N–H and O–H groups in total. The average molecular weight is 540 g/mol. The minimum absolute atomic E-state index is 0. The third kappa shape index (κ3) is 6.35. The van der Waals surface area contributed by atoms with Crippen molar-refractivity contribution in [3.8, 4) is 0 Å². The molecule has 1 aromatic carbocycles. The van der Waals surface area contributed by atoms with Gasteiger partial charge in [0.25, 0.3) is 0 Å². The lowest BCUT2D eigenvalue weighted by molar-refractivity contribution is -0.0352. The van der Waals surface area contributed by atoms with Gasteiger partial charge < -0.3 is 20.3 Å². The van der Waals surface area contributed by atoms with Crippen molar-refractivity contribution in [3.05, 3.63) is 42.0 Å². The number of halogens is 1. The van der Waals surface area contributed by atoms with Crippen LogP contribution in [0.15, 0.2) is 41.4 Å². The Hall–Kier alpha value is -1.32. The van der Waals surface area contributed by atoms with Crippen molar-refractivity contribution in [2.45, 2.75) is 44.2 Å². The molecule has 1 saturated heterocycles. The highest BCUT2D eigenvalue weighted by molar-refractivity contribution is 14.0. The van der Waals surface area contributed by atoms with Crippen LogP contribution in [-0.2, 0) is 11.3 Å². The van der Waals surface area contributed by atoms with Gasteiger partial charge in [0, 0.05) is 57.5 Å². The number of hydrogen-bond donors (Lipinski definition) is 2. The molecular weight excluding hydrogens is 501 g/mol. The summed E-state index contributed by atoms with van der Waals surface area (Å²) >= 11 is 0. The number of guanidine groups is 1. The summed E-state index contributed by atoms with van der Waals surface area (Å²) in [7, 11) is 1.87. The molecule has 2 heterocycles. The highest BCUT2D eigenvalue weighted by atomic mass is 127. The van der Waals surface area contributed by atoms with Crippen LogP contribution in [0.1, 0.15) is 37.7 Å². The molecule has 2 fully saturated rings. The summed E-state index contributed by atoms with van der Waals surface area (Å²) in [5.74, 6) is 0.890. The average Bonchev–Trinajstić information content (AvgIpc) is 3.36. The van der Waals surface area contributed by atoms with Crippen molar-refractivity contribution in [2.75, 3.05) is 57.9 Å². The van der Waals surface area contributed by atoms with Gasteiger partial charge in [0.15, 0.2) is 5.96 Å². The topological polar surface area (TPSA) is 52.1 Å². The van der Waals surface area contributed by atoms with Crippen molar-refractivity contribution in [3.63, 3.8) is 0 Å². The summed E-state index contributed by atoms with van der Waals surface area (Å²) in [5, 5.41) is 7.18. The molecule has 31 heavy (non-hydrogen) atoms. The lowest BCUT2D eigenvalue weighted by Crippen LogP contribution is -2.60. The second-order valence-electron chi connectivity index (χ2n) is 8.71. The van der Waals surface area contributed by atoms with E-state index in [4.69, 9.17) is 4.74 Å². The Kier molecular flexibility index (Phi) is 9.47. The van der Waals surface area contributed by atoms with E-state index >= 15 is 0 Å². The smallest absolute Gasteiger partial charge is 0.191 e. The van der Waals surface area contributed by atoms with Gasteiger partial charge in [0.2, 0.25) is 0 Å². The van der Waals surface area contributed by atoms with Crippen LogP contribution >= 0.6 is 24.0 Å². The zero-order chi connectivity index (χ0) is 20.7. The Morgan fingerprint density at radius 1 is 1.06 bits per heavy atom. The van der Waals surface area contributed by atoms with Crippen LogP contribution in [0.3, 0.4) is 0 Å². The number of rotatable bonds is 6. The minimum Gasteiger partial charge on any atom is -0.379 e. The molecule has 0 aromatic heterocycles. The van der Waals surface area contributed by atoms with Gasteiger partial charge in [-0.2, -0.15) is 0 Å². The van der Waals surface area contributed by atoms with Gasteiger partial charge in [-0.15, -0.1) is 24.0 Å². The molecule has 2 aliphatic heterocycles. The standard InChI is InChI=1S/C24H37N5O.HI/c1-25-23(26-19-21-8-7-9-22(18-21)28-12-5-6-13-28)27-20-24(10-3-2-4-11-24)29-14-16-30-17-15-29;/h5-9,18H,2-4,10-17,19-20H2,1H3,(H2,25,26,27);1H. The molecule has 0 amide bonds. The van der Waals surface area contributed by atoms with Gasteiger partial charge in [0.1, 0.15) is 0 Å². The molecule has 3 aliphatic rings. The van der Waals surface area contributed by atoms with Crippen LogP contribution in [0, 0.1) is 0 Å². The molecular formula is C24H38IN5O. The lowest BCUT2D eigenvalue weighted by Gasteiger charge is -2.48. The van der Waals surface area contributed by atoms with E-state index in [1.54, 1.807) is 0 Å². The van der Waals surface area contributed by atoms with Gasteiger partial charge in [-0.25, -0.2) is 0 Å². The Morgan fingerprint density at radius 2 is 1.81 bits per heavy atom. The molecule has 7 heteroatoms. The molecule has 1 saturated carbocycles. The predicted octanol–water partition coefficient (Wildman–Crippen LogP) is 3.38. The van der Waals surface area contributed by atoms with Crippen molar-refractivity contribution in [1.29, 1.82) is 0 Å². The first-order chi connectivity index (χ1) is 14.8. The fraction of sp³-hybridized carbons (Fsp3) is 0.625. The van der Waals surface area contributed by atoms with Crippen molar-refractivity contribution in [1.82, 2.24) is 15.5 Å². The van der Waals surface area contributed by atoms with Gasteiger partial charge in [0.05, 0.1) is 13.2 Å². The number of anilines is 1. The monoisotopic (exact) mass is 539 g/mol. The van der Waals surface area contributed by atoms with Crippen molar-refractivity contribution >= 4 is 35.6 Å². The molecule has 4 rings (SSSR count). The van der Waals surface area contributed by atoms with E-state index < -0.39 is 0 Å². The third-order valence-electron chi connectivity index (χ3n) is 6.83. The molecule has 0 atom stereocenters. The van der Waals surface area contributed by atoms with E-state index in [9.17, 15) is 0 Å². The van der Waals surface area contributed by atoms with Crippen LogP contribution in [0.5, 0.6) is 0 Å². The van der Waals surface area contributed by atoms with E-state index in [0.29, 0.717) is 0 Å². The largest absolute Gasteiger partial charge is 0.379 e. The van der Waals surface area contributed by atoms with E-state index in [1.807, 2.05) is 7.05 Å². The second kappa shape index (κ2) is 12.1. The second-order valence-corrected chi connectivity index (χ2v) is 8.71. The first-order valence-corrected chi connectivity index (χ1v) is 11.6. The fourth-order valence-corrected chi connectivity index (χ4v) is 5.06. The first kappa shape index (κ1) is 24.3. The Bertz CT molecular complexity index is 733. The number of benzene rings is 1. The summed E-state index contributed by atoms with van der Waals surface area (Å²) in [6.07, 6.45) is 11.0. The third-order valence-corrected chi connectivity index (χ3v) is 6.83. The lowest BCUT2D eigenvalue weighted by atomic mass is 9.80. The van der Waals surface area contributed by atoms with Crippen LogP contribution in [0.25, 0.3) is 0 Å². The van der Waals surface area contributed by atoms with Crippen LogP contribution in [0.2, 0.25) is 0 Å². The Balaban J connectivity index is 0.00000272. The number of nitrogens with one attached hydrogen (secondary N) is 2. The first-order valence-electron chi connectivity index (χ1n) is 11.6. The van der Waals surface area contributed by atoms with E-state index in [2.05, 4.69) is 61.8 Å². The number of aliphatic imine (C=N–C) groups is 1. The maximum absolute atomic E-state index is 5.61. The number of hydrogen-bond acceptors (Lipinski definition) is 4. The van der Waals surface area contributed by atoms with Gasteiger partial charge in [-0.3, -0.25) is 9.89 Å². The molecule has 1 aliphatic carbocycles. The van der Waals surface area contributed by atoms with Crippen molar-refractivity contribution < 1.29 is 4.74 Å². The van der Waals surface area contributed by atoms with E-state index in [0.717, 1.165) is 58.4 Å². The zero-order valence-electron chi connectivity index (χ0n) is 18.8. The summed E-state index contributed by atoms with van der Waals surface area (Å²) in [6.45, 7) is 7.55. The molecule has 172 valence electrons. The highest BCUT2D eigenvalue weighted by Crippen LogP contribution is 2.33. The maximum atomic E-state index is 5.61. The number of ether oxygens (including phenoxy) is 1. The number of nitrogens with zero attached hydrogens (tertiary/aromatic N) is 3. The molecule has 0 radical (unpaired) electrons. The zero-order valence-corrected chi connectivity index (χ0v) is 21.1. The molecule has 0 bridgehead atoms. The van der Waals surface area contributed by atoms with Gasteiger partial charge in [-0.1, -0.05) is 43.5 Å². The number of morpholine rings is 1. The summed E-state index contributed by atoms with van der Waals surface area (Å²) in [5.41, 5.74) is 2.81.